The van der Waals surface area contributed by atoms with Crippen LogP contribution in [0.25, 0.3) is 27.9 Å². The van der Waals surface area contributed by atoms with Crippen LogP contribution in [0.5, 0.6) is 0 Å². The van der Waals surface area contributed by atoms with Crippen molar-refractivity contribution < 1.29 is 0 Å². The molecule has 0 spiro atoms. The number of aromatic amines is 1. The molecule has 106 valence electrons. The van der Waals surface area contributed by atoms with Gasteiger partial charge < -0.3 is 4.98 Å². The van der Waals surface area contributed by atoms with E-state index in [1.807, 2.05) is 30.5 Å². The van der Waals surface area contributed by atoms with Crippen molar-refractivity contribution in [2.45, 2.75) is 12.8 Å². The maximum Gasteiger partial charge on any atom is 0.141 e. The molecule has 1 fully saturated rings. The number of rotatable bonds is 3. The molecule has 0 unspecified atom stereocenters. The third-order valence-corrected chi connectivity index (χ3v) is 3.81. The molecule has 5 heteroatoms. The summed E-state index contributed by atoms with van der Waals surface area (Å²) in [5.74, 6) is 0.553. The fraction of sp³-hybridized carbons (Fsp3) is 0.176. The van der Waals surface area contributed by atoms with Gasteiger partial charge in [-0.15, -0.1) is 0 Å². The van der Waals surface area contributed by atoms with E-state index in [2.05, 4.69) is 26.0 Å². The van der Waals surface area contributed by atoms with Crippen LogP contribution in [0.4, 0.5) is 0 Å². The zero-order valence-electron chi connectivity index (χ0n) is 11.8. The number of hydrogen-bond acceptors (Lipinski definition) is 4. The minimum atomic E-state index is 0.553. The molecular weight excluding hydrogens is 274 g/mol. The zero-order chi connectivity index (χ0) is 14.9. The molecule has 0 amide bonds. The van der Waals surface area contributed by atoms with E-state index in [1.54, 1.807) is 6.20 Å². The minimum absolute atomic E-state index is 0.553. The normalized spacial score (nSPS) is 15.0. The molecule has 0 aromatic carbocycles. The molecule has 22 heavy (non-hydrogen) atoms. The number of aromatic nitrogens is 4. The lowest BCUT2D eigenvalue weighted by molar-refractivity contribution is 1.12. The Balaban J connectivity index is 1.73. The second-order valence-corrected chi connectivity index (χ2v) is 5.42. The van der Waals surface area contributed by atoms with Crippen molar-refractivity contribution in [3.8, 4) is 17.3 Å². The summed E-state index contributed by atoms with van der Waals surface area (Å²) in [4.78, 5) is 16.0. The summed E-state index contributed by atoms with van der Waals surface area (Å²) in [7, 11) is 0. The van der Waals surface area contributed by atoms with Crippen molar-refractivity contribution in [2.24, 2.45) is 5.92 Å². The molecule has 0 radical (unpaired) electrons. The Labute approximate surface area is 127 Å². The number of nitrogens with zero attached hydrogens (tertiary/aromatic N) is 4. The van der Waals surface area contributed by atoms with E-state index in [-0.39, 0.29) is 0 Å². The highest BCUT2D eigenvalue weighted by molar-refractivity contribution is 5.90. The summed E-state index contributed by atoms with van der Waals surface area (Å²) in [6.45, 7) is 0. The minimum Gasteiger partial charge on any atom is -0.346 e. The monoisotopic (exact) mass is 287 g/mol. The van der Waals surface area contributed by atoms with E-state index < -0.39 is 0 Å². The Kier molecular flexibility index (Phi) is 2.94. The molecule has 3 aromatic rings. The van der Waals surface area contributed by atoms with Crippen LogP contribution in [0, 0.1) is 17.2 Å². The lowest BCUT2D eigenvalue weighted by Gasteiger charge is -2.03. The summed E-state index contributed by atoms with van der Waals surface area (Å²) in [5.41, 5.74) is 3.94. The van der Waals surface area contributed by atoms with Gasteiger partial charge >= 0.3 is 0 Å². The third kappa shape index (κ3) is 2.25. The third-order valence-electron chi connectivity index (χ3n) is 3.81. The van der Waals surface area contributed by atoms with Gasteiger partial charge in [-0.05, 0) is 37.0 Å². The standard InChI is InChI=1S/C17H13N5/c18-8-13(7-11-1-2-11)15-4-3-12(9-20-15)16-14-5-6-19-17(14)22-10-21-16/h3-7,9-11H,1-2H2,(H,19,21,22). The number of nitrogens with one attached hydrogen (secondary N) is 1. The largest absolute Gasteiger partial charge is 0.346 e. The van der Waals surface area contributed by atoms with E-state index in [4.69, 9.17) is 0 Å². The van der Waals surface area contributed by atoms with Gasteiger partial charge in [0.05, 0.1) is 17.0 Å². The molecular formula is C17H13N5. The van der Waals surface area contributed by atoms with E-state index >= 15 is 0 Å². The number of hydrogen-bond donors (Lipinski definition) is 1. The SMILES string of the molecule is N#CC(=CC1CC1)c1ccc(-c2ncnc3[nH]ccc23)cn1. The van der Waals surface area contributed by atoms with E-state index in [0.29, 0.717) is 11.5 Å². The Bertz CT molecular complexity index is 895. The van der Waals surface area contributed by atoms with Crippen LogP contribution in [-0.4, -0.2) is 19.9 Å². The van der Waals surface area contributed by atoms with Gasteiger partial charge in [-0.3, -0.25) is 4.98 Å². The number of nitriles is 1. The summed E-state index contributed by atoms with van der Waals surface area (Å²) in [5, 5.41) is 10.2. The highest BCUT2D eigenvalue weighted by Crippen LogP contribution is 2.33. The first-order chi connectivity index (χ1) is 10.8. The van der Waals surface area contributed by atoms with Gasteiger partial charge in [0.1, 0.15) is 18.0 Å². The molecule has 0 bridgehead atoms. The molecule has 5 nitrogen and oxygen atoms in total. The fourth-order valence-corrected chi connectivity index (χ4v) is 2.47. The predicted octanol–water partition coefficient (Wildman–Crippen LogP) is 3.34. The number of allylic oxidation sites excluding steroid dienone is 2. The van der Waals surface area contributed by atoms with E-state index in [1.165, 1.54) is 19.2 Å². The first-order valence-corrected chi connectivity index (χ1v) is 7.22. The smallest absolute Gasteiger partial charge is 0.141 e. The van der Waals surface area contributed by atoms with Crippen LogP contribution in [0.2, 0.25) is 0 Å². The Morgan fingerprint density at radius 3 is 2.86 bits per heavy atom. The van der Waals surface area contributed by atoms with Gasteiger partial charge in [0.2, 0.25) is 0 Å². The second kappa shape index (κ2) is 5.08. The van der Waals surface area contributed by atoms with Crippen LogP contribution >= 0.6 is 0 Å². The van der Waals surface area contributed by atoms with Gasteiger partial charge in [0, 0.05) is 23.3 Å². The van der Waals surface area contributed by atoms with Crippen LogP contribution in [0.3, 0.4) is 0 Å². The number of H-pyrrole nitrogens is 1. The van der Waals surface area contributed by atoms with Crippen LogP contribution < -0.4 is 0 Å². The topological polar surface area (TPSA) is 78.2 Å². The zero-order valence-corrected chi connectivity index (χ0v) is 11.8. The Morgan fingerprint density at radius 1 is 1.23 bits per heavy atom. The molecule has 3 aromatic heterocycles. The van der Waals surface area contributed by atoms with Crippen molar-refractivity contribution in [3.05, 3.63) is 48.7 Å². The highest BCUT2D eigenvalue weighted by Gasteiger charge is 2.20. The molecule has 1 saturated carbocycles. The molecule has 1 aliphatic carbocycles. The van der Waals surface area contributed by atoms with Crippen molar-refractivity contribution in [2.75, 3.05) is 0 Å². The Hall–Kier alpha value is -3.00. The van der Waals surface area contributed by atoms with Crippen LogP contribution in [-0.2, 0) is 0 Å². The first-order valence-electron chi connectivity index (χ1n) is 7.22. The molecule has 3 heterocycles. The van der Waals surface area contributed by atoms with Crippen molar-refractivity contribution in [3.63, 3.8) is 0 Å². The van der Waals surface area contributed by atoms with Crippen molar-refractivity contribution in [1.29, 1.82) is 5.26 Å². The summed E-state index contributed by atoms with van der Waals surface area (Å²) in [6.07, 6.45) is 9.52. The summed E-state index contributed by atoms with van der Waals surface area (Å²) < 4.78 is 0. The second-order valence-electron chi connectivity index (χ2n) is 5.42. The van der Waals surface area contributed by atoms with Crippen LogP contribution in [0.15, 0.2) is 43.0 Å². The number of fused-ring (bicyclic) bond motifs is 1. The first kappa shape index (κ1) is 12.7. The lowest BCUT2D eigenvalue weighted by Crippen LogP contribution is -1.91. The molecule has 0 aliphatic heterocycles. The summed E-state index contributed by atoms with van der Waals surface area (Å²) in [6, 6.07) is 8.03. The lowest BCUT2D eigenvalue weighted by atomic mass is 10.1. The maximum absolute atomic E-state index is 9.27. The molecule has 1 N–H and O–H groups in total. The maximum atomic E-state index is 9.27. The number of pyridine rings is 1. The Morgan fingerprint density at radius 2 is 2.14 bits per heavy atom. The van der Waals surface area contributed by atoms with Crippen LogP contribution in [0.1, 0.15) is 18.5 Å². The fourth-order valence-electron chi connectivity index (χ4n) is 2.47. The van der Waals surface area contributed by atoms with E-state index in [0.717, 1.165) is 28.0 Å². The highest BCUT2D eigenvalue weighted by atomic mass is 14.9. The quantitative estimate of drug-likeness (QED) is 0.749. The molecule has 0 saturated heterocycles. The average Bonchev–Trinajstić information content (AvgIpc) is 3.26. The van der Waals surface area contributed by atoms with Gasteiger partial charge in [-0.1, -0.05) is 6.08 Å². The van der Waals surface area contributed by atoms with Gasteiger partial charge in [-0.25, -0.2) is 9.97 Å². The van der Waals surface area contributed by atoms with Crippen molar-refractivity contribution >= 4 is 16.6 Å². The molecule has 4 rings (SSSR count). The van der Waals surface area contributed by atoms with E-state index in [9.17, 15) is 5.26 Å². The summed E-state index contributed by atoms with van der Waals surface area (Å²) >= 11 is 0. The van der Waals surface area contributed by atoms with Gasteiger partial charge in [0.15, 0.2) is 0 Å². The average molecular weight is 287 g/mol. The predicted molar refractivity (Wildman–Crippen MR) is 83.4 cm³/mol. The molecule has 1 aliphatic rings. The van der Waals surface area contributed by atoms with Gasteiger partial charge in [0.25, 0.3) is 0 Å². The molecule has 0 atom stereocenters. The van der Waals surface area contributed by atoms with Gasteiger partial charge in [-0.2, -0.15) is 5.26 Å². The van der Waals surface area contributed by atoms with Crippen molar-refractivity contribution in [1.82, 2.24) is 19.9 Å².